The minimum Gasteiger partial charge on any atom is -0.456 e. The minimum absolute atomic E-state index is 0.0461. The molecule has 2 aromatic heterocycles. The molecule has 0 radical (unpaired) electrons. The predicted molar refractivity (Wildman–Crippen MR) is 91.4 cm³/mol. The third kappa shape index (κ3) is 3.69. The molecule has 0 aliphatic heterocycles. The number of thiophene rings is 1. The molecule has 0 bridgehead atoms. The van der Waals surface area contributed by atoms with Crippen LogP contribution in [0.1, 0.15) is 16.1 Å². The third-order valence-electron chi connectivity index (χ3n) is 3.10. The molecule has 1 aromatic carbocycles. The van der Waals surface area contributed by atoms with Gasteiger partial charge in [-0.2, -0.15) is 5.10 Å². The van der Waals surface area contributed by atoms with E-state index in [1.807, 2.05) is 11.4 Å². The molecule has 0 saturated carbocycles. The molecule has 7 nitrogen and oxygen atoms in total. The van der Waals surface area contributed by atoms with Crippen molar-refractivity contribution in [3.63, 3.8) is 0 Å². The Morgan fingerprint density at radius 1 is 1.38 bits per heavy atom. The van der Waals surface area contributed by atoms with Gasteiger partial charge in [-0.05, 0) is 39.5 Å². The second-order valence-corrected chi connectivity index (χ2v) is 7.05. The summed E-state index contributed by atoms with van der Waals surface area (Å²) >= 11 is 4.85. The molecule has 122 valence electrons. The van der Waals surface area contributed by atoms with E-state index < -0.39 is 10.9 Å². The van der Waals surface area contributed by atoms with Crippen molar-refractivity contribution in [2.45, 2.75) is 6.61 Å². The van der Waals surface area contributed by atoms with Gasteiger partial charge < -0.3 is 4.74 Å². The lowest BCUT2D eigenvalue weighted by Crippen LogP contribution is -2.07. The van der Waals surface area contributed by atoms with E-state index in [0.717, 1.165) is 9.35 Å². The number of hydrogen-bond acceptors (Lipinski definition) is 6. The van der Waals surface area contributed by atoms with Crippen molar-refractivity contribution in [3.05, 3.63) is 73.1 Å². The summed E-state index contributed by atoms with van der Waals surface area (Å²) in [5.74, 6) is -0.554. The highest BCUT2D eigenvalue weighted by Gasteiger charge is 2.14. The number of nitrogens with zero attached hydrogens (tertiary/aromatic N) is 3. The number of non-ortho nitro benzene ring substituents is 1. The Labute approximate surface area is 148 Å². The van der Waals surface area contributed by atoms with Crippen LogP contribution >= 0.6 is 27.3 Å². The van der Waals surface area contributed by atoms with E-state index in [4.69, 9.17) is 4.74 Å². The van der Waals surface area contributed by atoms with Crippen LogP contribution in [0.3, 0.4) is 0 Å². The molecule has 0 N–H and O–H groups in total. The fourth-order valence-electron chi connectivity index (χ4n) is 1.97. The van der Waals surface area contributed by atoms with Crippen molar-refractivity contribution < 1.29 is 14.5 Å². The maximum Gasteiger partial charge on any atom is 0.359 e. The highest BCUT2D eigenvalue weighted by atomic mass is 79.9. The lowest BCUT2D eigenvalue weighted by molar-refractivity contribution is -0.384. The van der Waals surface area contributed by atoms with Gasteiger partial charge in [-0.25, -0.2) is 9.48 Å². The highest BCUT2D eigenvalue weighted by Crippen LogP contribution is 2.21. The largest absolute Gasteiger partial charge is 0.456 e. The standard InChI is InChI=1S/C15H10BrN3O4S/c16-14-6-10(9-24-14)8-23-15(20)13-4-5-18(17-13)11-2-1-3-12(7-11)19(21)22/h1-7,9H,8H2. The minimum atomic E-state index is -0.554. The first-order chi connectivity index (χ1) is 11.5. The number of nitro benzene ring substituents is 1. The molecule has 0 aliphatic rings. The van der Waals surface area contributed by atoms with Crippen molar-refractivity contribution in [2.24, 2.45) is 0 Å². The van der Waals surface area contributed by atoms with Crippen LogP contribution in [-0.4, -0.2) is 20.7 Å². The Morgan fingerprint density at radius 2 is 2.21 bits per heavy atom. The van der Waals surface area contributed by atoms with Crippen LogP contribution in [0.4, 0.5) is 5.69 Å². The summed E-state index contributed by atoms with van der Waals surface area (Å²) in [6, 6.07) is 9.37. The molecule has 0 fully saturated rings. The number of carbonyl (C=O) groups excluding carboxylic acids is 1. The van der Waals surface area contributed by atoms with Gasteiger partial charge in [-0.15, -0.1) is 11.3 Å². The molecule has 3 aromatic rings. The fourth-order valence-corrected chi connectivity index (χ4v) is 3.16. The van der Waals surface area contributed by atoms with Crippen LogP contribution in [0, 0.1) is 10.1 Å². The maximum absolute atomic E-state index is 12.0. The summed E-state index contributed by atoms with van der Waals surface area (Å²) < 4.78 is 7.56. The van der Waals surface area contributed by atoms with E-state index in [0.29, 0.717) is 5.69 Å². The molecule has 0 atom stereocenters. The number of ether oxygens (including phenoxy) is 1. The van der Waals surface area contributed by atoms with Crippen LogP contribution in [0.15, 0.2) is 51.8 Å². The normalized spacial score (nSPS) is 10.5. The lowest BCUT2D eigenvalue weighted by atomic mass is 10.3. The van der Waals surface area contributed by atoms with Crippen LogP contribution < -0.4 is 0 Å². The van der Waals surface area contributed by atoms with Crippen LogP contribution in [-0.2, 0) is 11.3 Å². The topological polar surface area (TPSA) is 87.3 Å². The first-order valence-electron chi connectivity index (χ1n) is 6.73. The van der Waals surface area contributed by atoms with Gasteiger partial charge in [0.05, 0.1) is 14.4 Å². The first kappa shape index (κ1) is 16.3. The zero-order chi connectivity index (χ0) is 17.1. The summed E-state index contributed by atoms with van der Waals surface area (Å²) in [6.45, 7) is 0.157. The van der Waals surface area contributed by atoms with Crippen molar-refractivity contribution in [1.82, 2.24) is 9.78 Å². The fraction of sp³-hybridized carbons (Fsp3) is 0.0667. The Kier molecular flexibility index (Phi) is 4.72. The second kappa shape index (κ2) is 6.93. The van der Waals surface area contributed by atoms with Gasteiger partial charge in [0.15, 0.2) is 5.69 Å². The zero-order valence-corrected chi connectivity index (χ0v) is 14.5. The van der Waals surface area contributed by atoms with E-state index in [9.17, 15) is 14.9 Å². The van der Waals surface area contributed by atoms with Gasteiger partial charge in [0.1, 0.15) is 6.61 Å². The first-order valence-corrected chi connectivity index (χ1v) is 8.41. The van der Waals surface area contributed by atoms with E-state index in [1.54, 1.807) is 18.3 Å². The Hall–Kier alpha value is -2.52. The molecule has 3 rings (SSSR count). The lowest BCUT2D eigenvalue weighted by Gasteiger charge is -2.02. The molecular formula is C15H10BrN3O4S. The molecule has 0 spiro atoms. The summed E-state index contributed by atoms with van der Waals surface area (Å²) in [6.07, 6.45) is 1.55. The van der Waals surface area contributed by atoms with Gasteiger partial charge in [0.25, 0.3) is 5.69 Å². The quantitative estimate of drug-likeness (QED) is 0.362. The molecular weight excluding hydrogens is 398 g/mol. The third-order valence-corrected chi connectivity index (χ3v) is 4.65. The molecule has 0 aliphatic carbocycles. The average molecular weight is 408 g/mol. The van der Waals surface area contributed by atoms with E-state index in [-0.39, 0.29) is 18.0 Å². The smallest absolute Gasteiger partial charge is 0.359 e. The number of carbonyl (C=O) groups is 1. The monoisotopic (exact) mass is 407 g/mol. The Morgan fingerprint density at radius 3 is 2.92 bits per heavy atom. The van der Waals surface area contributed by atoms with E-state index in [2.05, 4.69) is 21.0 Å². The van der Waals surface area contributed by atoms with Crippen molar-refractivity contribution in [2.75, 3.05) is 0 Å². The summed E-state index contributed by atoms with van der Waals surface area (Å²) in [5.41, 5.74) is 1.47. The predicted octanol–water partition coefficient (Wildman–Crippen LogP) is 3.96. The SMILES string of the molecule is O=C(OCc1csc(Br)c1)c1ccn(-c2cccc([N+](=O)[O-])c2)n1. The number of rotatable bonds is 5. The van der Waals surface area contributed by atoms with Crippen molar-refractivity contribution in [1.29, 1.82) is 0 Å². The molecule has 24 heavy (non-hydrogen) atoms. The molecule has 2 heterocycles. The maximum atomic E-state index is 12.0. The second-order valence-electron chi connectivity index (χ2n) is 4.76. The zero-order valence-electron chi connectivity index (χ0n) is 12.1. The number of hydrogen-bond donors (Lipinski definition) is 0. The van der Waals surface area contributed by atoms with Gasteiger partial charge in [-0.3, -0.25) is 10.1 Å². The number of esters is 1. The Bertz CT molecular complexity index is 906. The van der Waals surface area contributed by atoms with Gasteiger partial charge in [0.2, 0.25) is 0 Å². The molecule has 0 saturated heterocycles. The molecule has 0 unspecified atom stereocenters. The van der Waals surface area contributed by atoms with E-state index in [1.165, 1.54) is 34.2 Å². The number of benzene rings is 1. The number of halogens is 1. The van der Waals surface area contributed by atoms with Crippen molar-refractivity contribution in [3.8, 4) is 5.69 Å². The van der Waals surface area contributed by atoms with Crippen LogP contribution in [0.25, 0.3) is 5.69 Å². The summed E-state index contributed by atoms with van der Waals surface area (Å²) in [4.78, 5) is 22.4. The average Bonchev–Trinajstić information content (AvgIpc) is 3.22. The summed E-state index contributed by atoms with van der Waals surface area (Å²) in [7, 11) is 0. The Balaban J connectivity index is 1.71. The molecule has 0 amide bonds. The number of aromatic nitrogens is 2. The highest BCUT2D eigenvalue weighted by molar-refractivity contribution is 9.11. The van der Waals surface area contributed by atoms with Gasteiger partial charge >= 0.3 is 5.97 Å². The van der Waals surface area contributed by atoms with Crippen LogP contribution in [0.2, 0.25) is 0 Å². The van der Waals surface area contributed by atoms with Gasteiger partial charge in [-0.1, -0.05) is 6.07 Å². The van der Waals surface area contributed by atoms with E-state index >= 15 is 0 Å². The van der Waals surface area contributed by atoms with Gasteiger partial charge in [0, 0.05) is 23.9 Å². The summed E-state index contributed by atoms with van der Waals surface area (Å²) in [5, 5.41) is 16.8. The molecule has 9 heteroatoms. The van der Waals surface area contributed by atoms with Crippen LogP contribution in [0.5, 0.6) is 0 Å². The van der Waals surface area contributed by atoms with Crippen molar-refractivity contribution >= 4 is 38.9 Å². The number of nitro groups is 1.